The van der Waals surface area contributed by atoms with E-state index in [0.29, 0.717) is 13.2 Å². The molecule has 0 saturated heterocycles. The average molecular weight is 338 g/mol. The molecule has 0 aliphatic rings. The van der Waals surface area contributed by atoms with Crippen molar-refractivity contribution in [2.45, 2.75) is 27.7 Å². The Bertz CT molecular complexity index is 638. The highest BCUT2D eigenvalue weighted by atomic mass is 16.5. The van der Waals surface area contributed by atoms with Gasteiger partial charge < -0.3 is 14.2 Å². The van der Waals surface area contributed by atoms with Gasteiger partial charge in [-0.1, -0.05) is 11.1 Å². The highest BCUT2D eigenvalue weighted by Gasteiger charge is 2.00. The summed E-state index contributed by atoms with van der Waals surface area (Å²) in [6, 6.07) is 15.2. The van der Waals surface area contributed by atoms with Gasteiger partial charge in [0, 0.05) is 0 Å². The Balaban J connectivity index is 1.87. The predicted octanol–water partition coefficient (Wildman–Crippen LogP) is 6.17. The summed E-state index contributed by atoms with van der Waals surface area (Å²) in [5, 5.41) is 0. The molecule has 0 aliphatic carbocycles. The summed E-state index contributed by atoms with van der Waals surface area (Å²) in [6.07, 6.45) is 4.09. The highest BCUT2D eigenvalue weighted by Crippen LogP contribution is 2.25. The molecule has 2 aromatic rings. The monoisotopic (exact) mass is 338 g/mol. The van der Waals surface area contributed by atoms with E-state index >= 15 is 0 Å². The summed E-state index contributed by atoms with van der Waals surface area (Å²) in [7, 11) is 0. The first kappa shape index (κ1) is 18.7. The largest absolute Gasteiger partial charge is 0.490 e. The van der Waals surface area contributed by atoms with Crippen LogP contribution < -0.4 is 14.2 Å². The fourth-order valence-corrected chi connectivity index (χ4v) is 1.95. The number of hydrogen-bond acceptors (Lipinski definition) is 3. The lowest BCUT2D eigenvalue weighted by atomic mass is 10.3. The van der Waals surface area contributed by atoms with Crippen molar-refractivity contribution in [3.05, 3.63) is 71.8 Å². The Morgan fingerprint density at radius 1 is 0.600 bits per heavy atom. The van der Waals surface area contributed by atoms with E-state index in [2.05, 4.69) is 27.7 Å². The highest BCUT2D eigenvalue weighted by molar-refractivity contribution is 5.37. The van der Waals surface area contributed by atoms with Crippen molar-refractivity contribution in [3.63, 3.8) is 0 Å². The van der Waals surface area contributed by atoms with Crippen LogP contribution in [0.3, 0.4) is 0 Å². The molecule has 0 N–H and O–H groups in total. The van der Waals surface area contributed by atoms with E-state index in [1.54, 1.807) is 0 Å². The van der Waals surface area contributed by atoms with Crippen molar-refractivity contribution < 1.29 is 14.2 Å². The first-order valence-electron chi connectivity index (χ1n) is 8.43. The van der Waals surface area contributed by atoms with E-state index in [-0.39, 0.29) is 0 Å². The smallest absolute Gasteiger partial charge is 0.127 e. The van der Waals surface area contributed by atoms with Gasteiger partial charge in [0.15, 0.2) is 0 Å². The minimum atomic E-state index is 0.580. The molecule has 0 heterocycles. The number of allylic oxidation sites excluding steroid dienone is 2. The van der Waals surface area contributed by atoms with Crippen molar-refractivity contribution in [1.82, 2.24) is 0 Å². The van der Waals surface area contributed by atoms with Crippen LogP contribution in [0.5, 0.6) is 23.0 Å². The summed E-state index contributed by atoms with van der Waals surface area (Å²) in [5.41, 5.74) is 2.49. The second-order valence-corrected chi connectivity index (χ2v) is 6.23. The lowest BCUT2D eigenvalue weighted by Gasteiger charge is -2.09. The summed E-state index contributed by atoms with van der Waals surface area (Å²) in [6.45, 7) is 9.38. The molecule has 0 saturated carbocycles. The van der Waals surface area contributed by atoms with Gasteiger partial charge in [0.2, 0.25) is 0 Å². The molecule has 0 spiro atoms. The molecule has 2 aromatic carbocycles. The first-order valence-corrected chi connectivity index (χ1v) is 8.43. The van der Waals surface area contributed by atoms with E-state index in [4.69, 9.17) is 14.2 Å². The number of hydrogen-bond donors (Lipinski definition) is 0. The Labute approximate surface area is 150 Å². The van der Waals surface area contributed by atoms with Crippen molar-refractivity contribution in [1.29, 1.82) is 0 Å². The Hall–Kier alpha value is -2.68. The summed E-state index contributed by atoms with van der Waals surface area (Å²) in [5.74, 6) is 3.20. The number of rotatable bonds is 8. The lowest BCUT2D eigenvalue weighted by Crippen LogP contribution is -1.94. The third-order valence-electron chi connectivity index (χ3n) is 3.37. The van der Waals surface area contributed by atoms with Crippen LogP contribution in [0.1, 0.15) is 27.7 Å². The molecule has 0 radical (unpaired) electrons. The van der Waals surface area contributed by atoms with Crippen LogP contribution in [0.15, 0.2) is 71.8 Å². The summed E-state index contributed by atoms with van der Waals surface area (Å²) < 4.78 is 17.1. The van der Waals surface area contributed by atoms with Gasteiger partial charge in [0.1, 0.15) is 36.2 Å². The molecule has 3 nitrogen and oxygen atoms in total. The van der Waals surface area contributed by atoms with Gasteiger partial charge in [0.05, 0.1) is 0 Å². The molecule has 0 atom stereocenters. The topological polar surface area (TPSA) is 27.7 Å². The average Bonchev–Trinajstić information content (AvgIpc) is 2.57. The van der Waals surface area contributed by atoms with Crippen molar-refractivity contribution >= 4 is 0 Å². The Kier molecular flexibility index (Phi) is 7.15. The molecule has 0 unspecified atom stereocenters. The molecular weight excluding hydrogens is 312 g/mol. The van der Waals surface area contributed by atoms with Crippen molar-refractivity contribution in [2.24, 2.45) is 0 Å². The van der Waals surface area contributed by atoms with Crippen molar-refractivity contribution in [3.8, 4) is 23.0 Å². The van der Waals surface area contributed by atoms with Crippen LogP contribution in [-0.4, -0.2) is 13.2 Å². The molecule has 3 heteroatoms. The van der Waals surface area contributed by atoms with Gasteiger partial charge in [-0.15, -0.1) is 0 Å². The van der Waals surface area contributed by atoms with E-state index in [0.717, 1.165) is 23.0 Å². The van der Waals surface area contributed by atoms with Gasteiger partial charge in [-0.3, -0.25) is 0 Å². The lowest BCUT2D eigenvalue weighted by molar-refractivity contribution is 0.360. The Morgan fingerprint density at radius 2 is 0.920 bits per heavy atom. The standard InChI is InChI=1S/C22H26O3/c1-17(2)13-15-23-19-5-9-21(10-6-19)25-22-11-7-20(8-12-22)24-16-14-18(3)4/h5-14H,15-16H2,1-4H3. The van der Waals surface area contributed by atoms with Gasteiger partial charge >= 0.3 is 0 Å². The zero-order valence-electron chi connectivity index (χ0n) is 15.4. The molecule has 2 rings (SSSR count). The van der Waals surface area contributed by atoms with Crippen LogP contribution in [0.2, 0.25) is 0 Å². The molecule has 132 valence electrons. The third kappa shape index (κ3) is 7.17. The molecular formula is C22H26O3. The van der Waals surface area contributed by atoms with Crippen molar-refractivity contribution in [2.75, 3.05) is 13.2 Å². The molecule has 0 bridgehead atoms. The minimum absolute atomic E-state index is 0.580. The molecule has 25 heavy (non-hydrogen) atoms. The first-order chi connectivity index (χ1) is 12.0. The van der Waals surface area contributed by atoms with Crippen LogP contribution in [0.25, 0.3) is 0 Å². The maximum Gasteiger partial charge on any atom is 0.127 e. The molecule has 0 fully saturated rings. The zero-order valence-corrected chi connectivity index (χ0v) is 15.4. The number of benzene rings is 2. The fraction of sp³-hybridized carbons (Fsp3) is 0.273. The predicted molar refractivity (Wildman–Crippen MR) is 103 cm³/mol. The normalized spacial score (nSPS) is 9.92. The molecule has 0 aromatic heterocycles. The third-order valence-corrected chi connectivity index (χ3v) is 3.37. The molecule has 0 amide bonds. The quantitative estimate of drug-likeness (QED) is 0.539. The maximum atomic E-state index is 5.84. The fourth-order valence-electron chi connectivity index (χ4n) is 1.95. The second-order valence-electron chi connectivity index (χ2n) is 6.23. The second kappa shape index (κ2) is 9.58. The summed E-state index contributed by atoms with van der Waals surface area (Å²) >= 11 is 0. The minimum Gasteiger partial charge on any atom is -0.490 e. The van der Waals surface area contributed by atoms with Gasteiger partial charge in [0.25, 0.3) is 0 Å². The maximum absolute atomic E-state index is 5.84. The van der Waals surface area contributed by atoms with Crippen LogP contribution in [-0.2, 0) is 0 Å². The van der Waals surface area contributed by atoms with E-state index in [1.165, 1.54) is 11.1 Å². The van der Waals surface area contributed by atoms with Crippen LogP contribution in [0, 0.1) is 0 Å². The van der Waals surface area contributed by atoms with Gasteiger partial charge in [-0.2, -0.15) is 0 Å². The van der Waals surface area contributed by atoms with Crippen LogP contribution >= 0.6 is 0 Å². The SMILES string of the molecule is CC(C)=CCOc1ccc(Oc2ccc(OCC=C(C)C)cc2)cc1. The summed E-state index contributed by atoms with van der Waals surface area (Å²) in [4.78, 5) is 0. The molecule has 0 aliphatic heterocycles. The number of ether oxygens (including phenoxy) is 3. The van der Waals surface area contributed by atoms with Gasteiger partial charge in [-0.25, -0.2) is 0 Å². The van der Waals surface area contributed by atoms with Crippen LogP contribution in [0.4, 0.5) is 0 Å². The van der Waals surface area contributed by atoms with E-state index < -0.39 is 0 Å². The Morgan fingerprint density at radius 3 is 1.24 bits per heavy atom. The van der Waals surface area contributed by atoms with E-state index in [9.17, 15) is 0 Å². The zero-order chi connectivity index (χ0) is 18.1. The van der Waals surface area contributed by atoms with Gasteiger partial charge in [-0.05, 0) is 88.4 Å². The van der Waals surface area contributed by atoms with E-state index in [1.807, 2.05) is 60.7 Å².